The van der Waals surface area contributed by atoms with E-state index in [0.29, 0.717) is 17.3 Å². The molecule has 0 bridgehead atoms. The third kappa shape index (κ3) is 5.28. The molecule has 0 aliphatic heterocycles. The molecule has 5 nitrogen and oxygen atoms in total. The number of anilines is 1. The SMILES string of the molecule is Cc1cc(NN)nc(CN(C)CCC(F)(F)F)n1. The van der Waals surface area contributed by atoms with Crippen molar-refractivity contribution in [3.63, 3.8) is 0 Å². The number of aryl methyl sites for hydroxylation is 1. The van der Waals surface area contributed by atoms with Crippen molar-refractivity contribution in [2.75, 3.05) is 19.0 Å². The standard InChI is InChI=1S/C10H16F3N5/c1-7-5-8(17-14)16-9(15-7)6-18(2)4-3-10(11,12)13/h5H,3-4,6,14H2,1-2H3,(H,15,16,17). The number of hydrogen-bond acceptors (Lipinski definition) is 5. The Balaban J connectivity index is 2.58. The minimum Gasteiger partial charge on any atom is -0.308 e. The Labute approximate surface area is 103 Å². The average Bonchev–Trinajstić information content (AvgIpc) is 2.24. The first-order valence-electron chi connectivity index (χ1n) is 5.36. The van der Waals surface area contributed by atoms with E-state index in [2.05, 4.69) is 15.4 Å². The first-order chi connectivity index (χ1) is 8.30. The van der Waals surface area contributed by atoms with Crippen LogP contribution >= 0.6 is 0 Å². The van der Waals surface area contributed by atoms with Crippen molar-refractivity contribution in [3.05, 3.63) is 17.6 Å². The van der Waals surface area contributed by atoms with Gasteiger partial charge >= 0.3 is 6.18 Å². The first kappa shape index (κ1) is 14.7. The first-order valence-corrected chi connectivity index (χ1v) is 5.36. The van der Waals surface area contributed by atoms with E-state index in [4.69, 9.17) is 5.84 Å². The number of nitrogens with two attached hydrogens (primary N) is 1. The normalized spacial score (nSPS) is 11.9. The summed E-state index contributed by atoms with van der Waals surface area (Å²) in [4.78, 5) is 9.72. The number of nitrogen functional groups attached to an aromatic ring is 1. The van der Waals surface area contributed by atoms with Crippen molar-refractivity contribution in [1.82, 2.24) is 14.9 Å². The number of nitrogens with zero attached hydrogens (tertiary/aromatic N) is 3. The second-order valence-corrected chi connectivity index (χ2v) is 4.06. The number of rotatable bonds is 5. The lowest BCUT2D eigenvalue weighted by molar-refractivity contribution is -0.137. The molecule has 0 aliphatic rings. The van der Waals surface area contributed by atoms with Crippen molar-refractivity contribution in [1.29, 1.82) is 0 Å². The van der Waals surface area contributed by atoms with Gasteiger partial charge in [-0.05, 0) is 14.0 Å². The van der Waals surface area contributed by atoms with Crippen LogP contribution in [0.2, 0.25) is 0 Å². The predicted molar refractivity (Wildman–Crippen MR) is 61.6 cm³/mol. The molecule has 1 rings (SSSR count). The van der Waals surface area contributed by atoms with E-state index in [1.165, 1.54) is 4.90 Å². The van der Waals surface area contributed by atoms with Gasteiger partial charge in [-0.1, -0.05) is 0 Å². The van der Waals surface area contributed by atoms with E-state index in [9.17, 15) is 13.2 Å². The third-order valence-corrected chi connectivity index (χ3v) is 2.24. The molecule has 0 radical (unpaired) electrons. The molecule has 8 heteroatoms. The van der Waals surface area contributed by atoms with Gasteiger partial charge in [-0.2, -0.15) is 13.2 Å². The van der Waals surface area contributed by atoms with E-state index in [-0.39, 0.29) is 13.1 Å². The minimum atomic E-state index is -4.15. The summed E-state index contributed by atoms with van der Waals surface area (Å²) in [6, 6.07) is 1.65. The lowest BCUT2D eigenvalue weighted by Crippen LogP contribution is -2.25. The molecule has 0 aromatic carbocycles. The van der Waals surface area contributed by atoms with Gasteiger partial charge in [0.2, 0.25) is 0 Å². The Morgan fingerprint density at radius 2 is 2.06 bits per heavy atom. The zero-order valence-corrected chi connectivity index (χ0v) is 10.3. The van der Waals surface area contributed by atoms with Crippen molar-refractivity contribution >= 4 is 5.82 Å². The quantitative estimate of drug-likeness (QED) is 0.622. The maximum atomic E-state index is 12.1. The number of aromatic nitrogens is 2. The summed E-state index contributed by atoms with van der Waals surface area (Å²) in [6.45, 7) is 1.92. The lowest BCUT2D eigenvalue weighted by atomic mass is 10.3. The van der Waals surface area contributed by atoms with Crippen LogP contribution in [0.1, 0.15) is 17.9 Å². The van der Waals surface area contributed by atoms with Crippen LogP contribution in [0.4, 0.5) is 19.0 Å². The van der Waals surface area contributed by atoms with Gasteiger partial charge in [0.25, 0.3) is 0 Å². The summed E-state index contributed by atoms with van der Waals surface area (Å²) in [6.07, 6.45) is -5.00. The second kappa shape index (κ2) is 5.96. The van der Waals surface area contributed by atoms with Crippen LogP contribution in [0, 0.1) is 6.92 Å². The molecule has 102 valence electrons. The van der Waals surface area contributed by atoms with Crippen LogP contribution in [-0.2, 0) is 6.54 Å². The number of halogens is 3. The fraction of sp³-hybridized carbons (Fsp3) is 0.600. The fourth-order valence-corrected chi connectivity index (χ4v) is 1.41. The van der Waals surface area contributed by atoms with E-state index < -0.39 is 12.6 Å². The number of alkyl halides is 3. The van der Waals surface area contributed by atoms with Crippen molar-refractivity contribution in [2.24, 2.45) is 5.84 Å². The van der Waals surface area contributed by atoms with Crippen LogP contribution in [0.5, 0.6) is 0 Å². The molecule has 0 saturated heterocycles. The fourth-order valence-electron chi connectivity index (χ4n) is 1.41. The molecular weight excluding hydrogens is 247 g/mol. The van der Waals surface area contributed by atoms with Gasteiger partial charge in [-0.25, -0.2) is 15.8 Å². The molecule has 1 heterocycles. The highest BCUT2D eigenvalue weighted by Gasteiger charge is 2.27. The largest absolute Gasteiger partial charge is 0.390 e. The Bertz CT molecular complexity index is 394. The minimum absolute atomic E-state index is 0.0911. The molecule has 0 spiro atoms. The average molecular weight is 263 g/mol. The Morgan fingerprint density at radius 1 is 1.39 bits per heavy atom. The molecule has 0 fully saturated rings. The van der Waals surface area contributed by atoms with E-state index in [0.717, 1.165) is 0 Å². The maximum absolute atomic E-state index is 12.1. The number of hydrazine groups is 1. The predicted octanol–water partition coefficient (Wildman–Crippen LogP) is 1.45. The molecule has 0 aliphatic carbocycles. The smallest absolute Gasteiger partial charge is 0.308 e. The summed E-state index contributed by atoms with van der Waals surface area (Å²) in [5.74, 6) is 6.12. The van der Waals surface area contributed by atoms with E-state index >= 15 is 0 Å². The van der Waals surface area contributed by atoms with Gasteiger partial charge in [-0.3, -0.25) is 4.90 Å². The molecule has 0 atom stereocenters. The molecule has 3 N–H and O–H groups in total. The third-order valence-electron chi connectivity index (χ3n) is 2.24. The molecule has 1 aromatic heterocycles. The Hall–Kier alpha value is -1.41. The van der Waals surface area contributed by atoms with Gasteiger partial charge in [0.15, 0.2) is 0 Å². The lowest BCUT2D eigenvalue weighted by Gasteiger charge is -2.17. The summed E-state index contributed by atoms with van der Waals surface area (Å²) >= 11 is 0. The topological polar surface area (TPSA) is 67.1 Å². The summed E-state index contributed by atoms with van der Waals surface area (Å²) < 4.78 is 36.2. The van der Waals surface area contributed by atoms with E-state index in [1.807, 2.05) is 0 Å². The van der Waals surface area contributed by atoms with Crippen LogP contribution < -0.4 is 11.3 Å². The van der Waals surface area contributed by atoms with Crippen LogP contribution in [0.15, 0.2) is 6.07 Å². The highest BCUT2D eigenvalue weighted by atomic mass is 19.4. The molecule has 1 aromatic rings. The molecule has 0 saturated carbocycles. The number of hydrogen-bond donors (Lipinski definition) is 2. The summed E-state index contributed by atoms with van der Waals surface area (Å²) in [5.41, 5.74) is 3.09. The zero-order valence-electron chi connectivity index (χ0n) is 10.3. The Kier molecular flexibility index (Phi) is 4.85. The zero-order chi connectivity index (χ0) is 13.8. The van der Waals surface area contributed by atoms with Crippen molar-refractivity contribution in [3.8, 4) is 0 Å². The number of nitrogens with one attached hydrogen (secondary N) is 1. The van der Waals surface area contributed by atoms with Gasteiger partial charge in [-0.15, -0.1) is 0 Å². The highest BCUT2D eigenvalue weighted by Crippen LogP contribution is 2.19. The maximum Gasteiger partial charge on any atom is 0.390 e. The van der Waals surface area contributed by atoms with Gasteiger partial charge in [0.05, 0.1) is 13.0 Å². The van der Waals surface area contributed by atoms with Gasteiger partial charge in [0.1, 0.15) is 11.6 Å². The van der Waals surface area contributed by atoms with Gasteiger partial charge < -0.3 is 5.43 Å². The Morgan fingerprint density at radius 3 is 2.61 bits per heavy atom. The summed E-state index contributed by atoms with van der Waals surface area (Å²) in [7, 11) is 1.59. The molecule has 0 unspecified atom stereocenters. The van der Waals surface area contributed by atoms with Gasteiger partial charge in [0, 0.05) is 18.3 Å². The van der Waals surface area contributed by atoms with Crippen molar-refractivity contribution < 1.29 is 13.2 Å². The van der Waals surface area contributed by atoms with Crippen LogP contribution in [0.3, 0.4) is 0 Å². The molecular formula is C10H16F3N5. The monoisotopic (exact) mass is 263 g/mol. The van der Waals surface area contributed by atoms with Crippen molar-refractivity contribution in [2.45, 2.75) is 26.1 Å². The molecule has 18 heavy (non-hydrogen) atoms. The van der Waals surface area contributed by atoms with E-state index in [1.54, 1.807) is 20.0 Å². The van der Waals surface area contributed by atoms with Crippen LogP contribution in [0.25, 0.3) is 0 Å². The molecule has 0 amide bonds. The van der Waals surface area contributed by atoms with Crippen LogP contribution in [-0.4, -0.2) is 34.6 Å². The second-order valence-electron chi connectivity index (χ2n) is 4.06. The summed E-state index contributed by atoms with van der Waals surface area (Å²) in [5, 5.41) is 0. The highest BCUT2D eigenvalue weighted by molar-refractivity contribution is 5.33.